The summed E-state index contributed by atoms with van der Waals surface area (Å²) in [5, 5.41) is 12.4. The molecule has 0 bridgehead atoms. The average molecular weight is 209 g/mol. The summed E-state index contributed by atoms with van der Waals surface area (Å²) in [5.74, 6) is -0.419. The van der Waals surface area contributed by atoms with Gasteiger partial charge in [0.25, 0.3) is 5.91 Å². The quantitative estimate of drug-likeness (QED) is 0.573. The Kier molecular flexibility index (Phi) is 3.55. The summed E-state index contributed by atoms with van der Waals surface area (Å²) in [6.45, 7) is -0.0198. The highest BCUT2D eigenvalue weighted by Crippen LogP contribution is 2.00. The fourth-order valence-corrected chi connectivity index (χ4v) is 0.853. The summed E-state index contributed by atoms with van der Waals surface area (Å²) in [6.07, 6.45) is 0. The first-order valence-electron chi connectivity index (χ1n) is 4.21. The Morgan fingerprint density at radius 3 is 2.60 bits per heavy atom. The van der Waals surface area contributed by atoms with Crippen molar-refractivity contribution in [1.29, 1.82) is 0 Å². The van der Waals surface area contributed by atoms with Crippen LogP contribution in [0.5, 0.6) is 0 Å². The van der Waals surface area contributed by atoms with E-state index in [4.69, 9.17) is 5.73 Å². The second kappa shape index (κ2) is 4.89. The molecular weight excluding hydrogens is 198 g/mol. The van der Waals surface area contributed by atoms with Crippen molar-refractivity contribution >= 4 is 17.6 Å². The van der Waals surface area contributed by atoms with Gasteiger partial charge < -0.3 is 16.4 Å². The second-order valence-electron chi connectivity index (χ2n) is 2.70. The number of anilines is 1. The molecule has 0 radical (unpaired) electrons. The molecule has 1 heterocycles. The van der Waals surface area contributed by atoms with Crippen LogP contribution in [0, 0.1) is 0 Å². The molecule has 1 aromatic heterocycles. The van der Waals surface area contributed by atoms with E-state index in [0.29, 0.717) is 5.82 Å². The Labute approximate surface area is 86.1 Å². The molecular formula is C8H11N5O2. The molecule has 0 aliphatic heterocycles. The minimum absolute atomic E-state index is 0.0198. The fraction of sp³-hybridized carbons (Fsp3) is 0.250. The van der Waals surface area contributed by atoms with E-state index in [1.165, 1.54) is 13.1 Å². The molecule has 0 spiro atoms. The predicted molar refractivity (Wildman–Crippen MR) is 53.1 cm³/mol. The number of nitrogens with one attached hydrogen (secondary N) is 2. The highest BCUT2D eigenvalue weighted by molar-refractivity contribution is 5.91. The first-order chi connectivity index (χ1) is 7.13. The fourth-order valence-electron chi connectivity index (χ4n) is 0.853. The lowest BCUT2D eigenvalue weighted by atomic mass is 10.3. The van der Waals surface area contributed by atoms with Crippen molar-refractivity contribution in [3.63, 3.8) is 0 Å². The zero-order valence-electron chi connectivity index (χ0n) is 8.15. The summed E-state index contributed by atoms with van der Waals surface area (Å²) in [6, 6.07) is 3.04. The monoisotopic (exact) mass is 209 g/mol. The molecule has 1 aromatic rings. The van der Waals surface area contributed by atoms with Gasteiger partial charge in [0.05, 0.1) is 6.54 Å². The van der Waals surface area contributed by atoms with Crippen LogP contribution >= 0.6 is 0 Å². The second-order valence-corrected chi connectivity index (χ2v) is 2.70. The maximum Gasteiger partial charge on any atom is 0.271 e. The Bertz CT molecular complexity index is 362. The van der Waals surface area contributed by atoms with Gasteiger partial charge in [-0.05, 0) is 12.1 Å². The molecule has 4 N–H and O–H groups in total. The highest BCUT2D eigenvalue weighted by Gasteiger charge is 2.05. The minimum Gasteiger partial charge on any atom is -0.368 e. The van der Waals surface area contributed by atoms with E-state index >= 15 is 0 Å². The average Bonchev–Trinajstić information content (AvgIpc) is 2.26. The number of carbonyl (C=O) groups is 2. The van der Waals surface area contributed by atoms with Gasteiger partial charge in [0.1, 0.15) is 5.82 Å². The standard InChI is InChI=1S/C8H11N5O2/c1-10-8(15)5-2-3-7(13-12-5)11-4-6(9)14/h2-3H,4H2,1H3,(H2,9,14)(H,10,15)(H,11,13). The SMILES string of the molecule is CNC(=O)c1ccc(NCC(N)=O)nn1. The first kappa shape index (κ1) is 10.9. The molecule has 2 amide bonds. The van der Waals surface area contributed by atoms with Gasteiger partial charge >= 0.3 is 0 Å². The zero-order chi connectivity index (χ0) is 11.3. The number of rotatable bonds is 4. The van der Waals surface area contributed by atoms with Gasteiger partial charge in [-0.25, -0.2) is 0 Å². The maximum atomic E-state index is 11.1. The van der Waals surface area contributed by atoms with Crippen LogP contribution in [0.3, 0.4) is 0 Å². The number of nitrogens with zero attached hydrogens (tertiary/aromatic N) is 2. The molecule has 0 saturated carbocycles. The van der Waals surface area contributed by atoms with Gasteiger partial charge in [0.2, 0.25) is 5.91 Å². The van der Waals surface area contributed by atoms with Crippen LogP contribution < -0.4 is 16.4 Å². The number of nitrogens with two attached hydrogens (primary N) is 1. The highest BCUT2D eigenvalue weighted by atomic mass is 16.2. The Morgan fingerprint density at radius 1 is 1.40 bits per heavy atom. The van der Waals surface area contributed by atoms with Crippen LogP contribution in [0.1, 0.15) is 10.5 Å². The van der Waals surface area contributed by atoms with Crippen molar-refractivity contribution in [3.8, 4) is 0 Å². The number of carbonyl (C=O) groups excluding carboxylic acids is 2. The van der Waals surface area contributed by atoms with Crippen molar-refractivity contribution in [3.05, 3.63) is 17.8 Å². The molecule has 15 heavy (non-hydrogen) atoms. The number of amides is 2. The summed E-state index contributed by atoms with van der Waals surface area (Å²) in [7, 11) is 1.50. The van der Waals surface area contributed by atoms with E-state index in [1.807, 2.05) is 0 Å². The normalized spacial score (nSPS) is 9.40. The van der Waals surface area contributed by atoms with Gasteiger partial charge in [0, 0.05) is 7.05 Å². The molecule has 0 aliphatic carbocycles. The topological polar surface area (TPSA) is 110 Å². The van der Waals surface area contributed by atoms with Gasteiger partial charge in [0.15, 0.2) is 5.69 Å². The van der Waals surface area contributed by atoms with E-state index in [-0.39, 0.29) is 18.1 Å². The van der Waals surface area contributed by atoms with Gasteiger partial charge in [-0.1, -0.05) is 0 Å². The van der Waals surface area contributed by atoms with E-state index in [9.17, 15) is 9.59 Å². The molecule has 7 heteroatoms. The molecule has 7 nitrogen and oxygen atoms in total. The number of hydrogen-bond acceptors (Lipinski definition) is 5. The molecule has 1 rings (SSSR count). The third-order valence-electron chi connectivity index (χ3n) is 1.57. The van der Waals surface area contributed by atoms with Gasteiger partial charge in [-0.2, -0.15) is 0 Å². The number of hydrogen-bond donors (Lipinski definition) is 3. The predicted octanol–water partition coefficient (Wildman–Crippen LogP) is -1.27. The number of aromatic nitrogens is 2. The molecule has 0 aromatic carbocycles. The summed E-state index contributed by atoms with van der Waals surface area (Å²) < 4.78 is 0. The molecule has 80 valence electrons. The third kappa shape index (κ3) is 3.22. The maximum absolute atomic E-state index is 11.1. The van der Waals surface area contributed by atoms with Crippen LogP contribution in [-0.4, -0.2) is 35.6 Å². The lowest BCUT2D eigenvalue weighted by molar-refractivity contribution is -0.116. The van der Waals surface area contributed by atoms with Gasteiger partial charge in [-0.15, -0.1) is 10.2 Å². The van der Waals surface area contributed by atoms with Crippen LogP contribution in [0.15, 0.2) is 12.1 Å². The summed E-state index contributed by atoms with van der Waals surface area (Å²) in [5.41, 5.74) is 5.14. The van der Waals surface area contributed by atoms with E-state index < -0.39 is 5.91 Å². The third-order valence-corrected chi connectivity index (χ3v) is 1.57. The lowest BCUT2D eigenvalue weighted by Crippen LogP contribution is -2.23. The van der Waals surface area contributed by atoms with Crippen molar-refractivity contribution in [2.24, 2.45) is 5.73 Å². The largest absolute Gasteiger partial charge is 0.368 e. The van der Waals surface area contributed by atoms with Crippen LogP contribution in [-0.2, 0) is 4.79 Å². The van der Waals surface area contributed by atoms with Crippen LogP contribution in [0.2, 0.25) is 0 Å². The first-order valence-corrected chi connectivity index (χ1v) is 4.21. The van der Waals surface area contributed by atoms with Crippen molar-refractivity contribution < 1.29 is 9.59 Å². The van der Waals surface area contributed by atoms with Crippen LogP contribution in [0.25, 0.3) is 0 Å². The van der Waals surface area contributed by atoms with E-state index in [2.05, 4.69) is 20.8 Å². The van der Waals surface area contributed by atoms with Crippen LogP contribution in [0.4, 0.5) is 5.82 Å². The zero-order valence-corrected chi connectivity index (χ0v) is 8.15. The molecule has 0 unspecified atom stereocenters. The Morgan fingerprint density at radius 2 is 2.13 bits per heavy atom. The smallest absolute Gasteiger partial charge is 0.271 e. The van der Waals surface area contributed by atoms with Crippen molar-refractivity contribution in [1.82, 2.24) is 15.5 Å². The van der Waals surface area contributed by atoms with Crippen molar-refractivity contribution in [2.75, 3.05) is 18.9 Å². The Balaban J connectivity index is 2.64. The molecule has 0 aliphatic rings. The van der Waals surface area contributed by atoms with Gasteiger partial charge in [-0.3, -0.25) is 9.59 Å². The minimum atomic E-state index is -0.493. The Hall–Kier alpha value is -2.18. The molecule has 0 saturated heterocycles. The molecule has 0 fully saturated rings. The molecule has 0 atom stereocenters. The summed E-state index contributed by atoms with van der Waals surface area (Å²) >= 11 is 0. The summed E-state index contributed by atoms with van der Waals surface area (Å²) in [4.78, 5) is 21.5. The number of primary amides is 1. The van der Waals surface area contributed by atoms with E-state index in [0.717, 1.165) is 0 Å². The van der Waals surface area contributed by atoms with Crippen molar-refractivity contribution in [2.45, 2.75) is 0 Å². The lowest BCUT2D eigenvalue weighted by Gasteiger charge is -2.02. The van der Waals surface area contributed by atoms with E-state index in [1.54, 1.807) is 6.07 Å².